The average molecular weight is 272 g/mol. The Labute approximate surface area is 112 Å². The van der Waals surface area contributed by atoms with Crippen LogP contribution in [0.3, 0.4) is 0 Å². The summed E-state index contributed by atoms with van der Waals surface area (Å²) in [4.78, 5) is 10.9. The molecule has 17 heavy (non-hydrogen) atoms. The maximum Gasteiger partial charge on any atom is 0.243 e. The third-order valence-corrected chi connectivity index (χ3v) is 2.96. The lowest BCUT2D eigenvalue weighted by atomic mass is 10.1. The van der Waals surface area contributed by atoms with Crippen LogP contribution in [-0.4, -0.2) is 12.5 Å². The molecule has 0 spiro atoms. The van der Waals surface area contributed by atoms with Gasteiger partial charge in [-0.15, -0.1) is 0 Å². The van der Waals surface area contributed by atoms with Gasteiger partial charge in [-0.2, -0.15) is 0 Å². The molecular formula is C13H15Cl2NO. The highest BCUT2D eigenvalue weighted by atomic mass is 35.5. The molecule has 0 heterocycles. The molecule has 0 unspecified atom stereocenters. The van der Waals surface area contributed by atoms with Gasteiger partial charge in [-0.3, -0.25) is 4.79 Å². The maximum atomic E-state index is 10.9. The Morgan fingerprint density at radius 2 is 2.12 bits per heavy atom. The summed E-state index contributed by atoms with van der Waals surface area (Å²) in [5.74, 6) is -0.130. The Balaban J connectivity index is 2.26. The van der Waals surface area contributed by atoms with Crippen molar-refractivity contribution < 1.29 is 4.79 Å². The van der Waals surface area contributed by atoms with E-state index in [4.69, 9.17) is 23.2 Å². The Kier molecular flexibility index (Phi) is 6.09. The van der Waals surface area contributed by atoms with Gasteiger partial charge in [0.2, 0.25) is 5.91 Å². The van der Waals surface area contributed by atoms with E-state index in [1.54, 1.807) is 6.07 Å². The fourth-order valence-electron chi connectivity index (χ4n) is 1.45. The predicted octanol–water partition coefficient (Wildman–Crippen LogP) is 3.62. The van der Waals surface area contributed by atoms with Gasteiger partial charge in [-0.25, -0.2) is 0 Å². The highest BCUT2D eigenvalue weighted by Gasteiger charge is 2.01. The number of unbranched alkanes of at least 4 members (excludes halogenated alkanes) is 1. The first kappa shape index (κ1) is 14.1. The largest absolute Gasteiger partial charge is 0.353 e. The average Bonchev–Trinajstić information content (AvgIpc) is 2.30. The molecule has 0 fully saturated rings. The van der Waals surface area contributed by atoms with E-state index < -0.39 is 0 Å². The smallest absolute Gasteiger partial charge is 0.243 e. The van der Waals surface area contributed by atoms with E-state index in [-0.39, 0.29) is 5.91 Å². The summed E-state index contributed by atoms with van der Waals surface area (Å²) < 4.78 is 0. The van der Waals surface area contributed by atoms with Crippen LogP contribution in [0.15, 0.2) is 30.9 Å². The summed E-state index contributed by atoms with van der Waals surface area (Å²) in [5, 5.41) is 4.08. The zero-order chi connectivity index (χ0) is 12.7. The van der Waals surface area contributed by atoms with Crippen molar-refractivity contribution >= 4 is 29.1 Å². The van der Waals surface area contributed by atoms with E-state index in [1.807, 2.05) is 12.1 Å². The number of amides is 1. The van der Waals surface area contributed by atoms with Gasteiger partial charge >= 0.3 is 0 Å². The number of halogens is 2. The van der Waals surface area contributed by atoms with Crippen molar-refractivity contribution in [1.82, 2.24) is 5.32 Å². The molecule has 0 saturated heterocycles. The highest BCUT2D eigenvalue weighted by Crippen LogP contribution is 2.22. The quantitative estimate of drug-likeness (QED) is 0.622. The molecule has 0 saturated carbocycles. The van der Waals surface area contributed by atoms with Crippen molar-refractivity contribution in [3.8, 4) is 0 Å². The molecule has 1 N–H and O–H groups in total. The first-order valence-electron chi connectivity index (χ1n) is 5.47. The molecule has 1 aromatic rings. The van der Waals surface area contributed by atoms with E-state index in [0.29, 0.717) is 16.6 Å². The molecule has 0 aliphatic heterocycles. The van der Waals surface area contributed by atoms with Crippen LogP contribution in [0.5, 0.6) is 0 Å². The van der Waals surface area contributed by atoms with Gasteiger partial charge in [0.05, 0.1) is 0 Å². The molecule has 1 rings (SSSR count). The van der Waals surface area contributed by atoms with Gasteiger partial charge in [-0.1, -0.05) is 35.8 Å². The summed E-state index contributed by atoms with van der Waals surface area (Å²) in [6.07, 6.45) is 4.05. The second-order valence-electron chi connectivity index (χ2n) is 3.69. The standard InChI is InChI=1S/C13H15Cl2NO/c1-2-13(17)16-8-4-3-5-10-6-7-11(14)9-12(10)15/h2,6-7,9H,1,3-5,8H2,(H,16,17). The van der Waals surface area contributed by atoms with Crippen LogP contribution >= 0.6 is 23.2 Å². The molecule has 4 heteroatoms. The third-order valence-electron chi connectivity index (χ3n) is 2.37. The molecule has 0 atom stereocenters. The number of rotatable bonds is 6. The van der Waals surface area contributed by atoms with Gasteiger partial charge in [0.25, 0.3) is 0 Å². The zero-order valence-electron chi connectivity index (χ0n) is 9.51. The van der Waals surface area contributed by atoms with Crippen LogP contribution in [0.2, 0.25) is 10.0 Å². The maximum absolute atomic E-state index is 10.9. The number of carbonyl (C=O) groups is 1. The van der Waals surface area contributed by atoms with E-state index in [9.17, 15) is 4.79 Å². The van der Waals surface area contributed by atoms with Crippen molar-refractivity contribution in [3.05, 3.63) is 46.5 Å². The first-order chi connectivity index (χ1) is 8.13. The topological polar surface area (TPSA) is 29.1 Å². The van der Waals surface area contributed by atoms with Crippen LogP contribution < -0.4 is 5.32 Å². The molecular weight excluding hydrogens is 257 g/mol. The van der Waals surface area contributed by atoms with E-state index >= 15 is 0 Å². The SMILES string of the molecule is C=CC(=O)NCCCCc1ccc(Cl)cc1Cl. The molecule has 2 nitrogen and oxygen atoms in total. The summed E-state index contributed by atoms with van der Waals surface area (Å²) in [5.41, 5.74) is 1.09. The zero-order valence-corrected chi connectivity index (χ0v) is 11.0. The monoisotopic (exact) mass is 271 g/mol. The van der Waals surface area contributed by atoms with Crippen molar-refractivity contribution in [2.45, 2.75) is 19.3 Å². The molecule has 92 valence electrons. The molecule has 0 aromatic heterocycles. The molecule has 0 radical (unpaired) electrons. The lowest BCUT2D eigenvalue weighted by Gasteiger charge is -2.05. The normalized spacial score (nSPS) is 10.0. The van der Waals surface area contributed by atoms with Crippen LogP contribution in [0.4, 0.5) is 0 Å². The van der Waals surface area contributed by atoms with Crippen molar-refractivity contribution in [2.24, 2.45) is 0 Å². The fraction of sp³-hybridized carbons (Fsp3) is 0.308. The van der Waals surface area contributed by atoms with Crippen molar-refractivity contribution in [3.63, 3.8) is 0 Å². The summed E-state index contributed by atoms with van der Waals surface area (Å²) in [7, 11) is 0. The highest BCUT2D eigenvalue weighted by molar-refractivity contribution is 6.35. The molecule has 0 aliphatic rings. The number of carbonyl (C=O) groups excluding carboxylic acids is 1. The summed E-state index contributed by atoms with van der Waals surface area (Å²) >= 11 is 11.9. The van der Waals surface area contributed by atoms with Gasteiger partial charge in [-0.05, 0) is 43.0 Å². The van der Waals surface area contributed by atoms with Gasteiger partial charge < -0.3 is 5.32 Å². The van der Waals surface area contributed by atoms with Crippen LogP contribution in [0.25, 0.3) is 0 Å². The Bertz CT molecular complexity index is 404. The second kappa shape index (κ2) is 7.36. The fourth-order valence-corrected chi connectivity index (χ4v) is 1.95. The van der Waals surface area contributed by atoms with Crippen LogP contribution in [0, 0.1) is 0 Å². The Hall–Kier alpha value is -0.990. The van der Waals surface area contributed by atoms with E-state index in [0.717, 1.165) is 24.8 Å². The number of nitrogens with one attached hydrogen (secondary N) is 1. The predicted molar refractivity (Wildman–Crippen MR) is 72.6 cm³/mol. The molecule has 1 amide bonds. The second-order valence-corrected chi connectivity index (χ2v) is 4.53. The van der Waals surface area contributed by atoms with Crippen molar-refractivity contribution in [2.75, 3.05) is 6.54 Å². The van der Waals surface area contributed by atoms with Crippen LogP contribution in [0.1, 0.15) is 18.4 Å². The summed E-state index contributed by atoms with van der Waals surface area (Å²) in [6.45, 7) is 4.05. The molecule has 0 aliphatic carbocycles. The van der Waals surface area contributed by atoms with Crippen molar-refractivity contribution in [1.29, 1.82) is 0 Å². The Morgan fingerprint density at radius 3 is 2.76 bits per heavy atom. The minimum atomic E-state index is -0.130. The number of benzene rings is 1. The lowest BCUT2D eigenvalue weighted by Crippen LogP contribution is -2.21. The molecule has 0 bridgehead atoms. The number of hydrogen-bond donors (Lipinski definition) is 1. The summed E-state index contributed by atoms with van der Waals surface area (Å²) in [6, 6.07) is 5.52. The van der Waals surface area contributed by atoms with E-state index in [2.05, 4.69) is 11.9 Å². The minimum Gasteiger partial charge on any atom is -0.353 e. The molecule has 1 aromatic carbocycles. The lowest BCUT2D eigenvalue weighted by molar-refractivity contribution is -0.116. The van der Waals surface area contributed by atoms with Crippen LogP contribution in [-0.2, 0) is 11.2 Å². The number of hydrogen-bond acceptors (Lipinski definition) is 1. The Morgan fingerprint density at radius 1 is 1.35 bits per heavy atom. The van der Waals surface area contributed by atoms with Gasteiger partial charge in [0.15, 0.2) is 0 Å². The first-order valence-corrected chi connectivity index (χ1v) is 6.23. The third kappa shape index (κ3) is 5.24. The van der Waals surface area contributed by atoms with Gasteiger partial charge in [0, 0.05) is 16.6 Å². The van der Waals surface area contributed by atoms with Gasteiger partial charge in [0.1, 0.15) is 0 Å². The van der Waals surface area contributed by atoms with E-state index in [1.165, 1.54) is 6.08 Å². The minimum absolute atomic E-state index is 0.130. The number of aryl methyl sites for hydroxylation is 1.